The highest BCUT2D eigenvalue weighted by Crippen LogP contribution is 2.35. The van der Waals surface area contributed by atoms with Gasteiger partial charge in [-0.1, -0.05) is 18.2 Å². The van der Waals surface area contributed by atoms with Gasteiger partial charge in [0.2, 0.25) is 0 Å². The van der Waals surface area contributed by atoms with Crippen molar-refractivity contribution in [2.24, 2.45) is 10.7 Å². The van der Waals surface area contributed by atoms with Gasteiger partial charge in [0.15, 0.2) is 5.17 Å². The summed E-state index contributed by atoms with van der Waals surface area (Å²) in [6.07, 6.45) is -2.73. The smallest absolute Gasteiger partial charge is 0.378 e. The molecule has 0 unspecified atom stereocenters. The molecule has 3 rings (SSSR count). The Kier molecular flexibility index (Phi) is 4.78. The third-order valence-corrected chi connectivity index (χ3v) is 4.70. The standard InChI is InChI=1S/C18H15F3N4S/c1-24-17(23)26-16(22)11-5-6-15-13(8-11)14(9-25-15)10-3-2-4-12(7-10)18(19,20)21/h2-9,22,25H,1H3,(H2,23,24). The van der Waals surface area contributed by atoms with Crippen LogP contribution in [0, 0.1) is 5.41 Å². The molecule has 0 aliphatic rings. The lowest BCUT2D eigenvalue weighted by atomic mass is 10.0. The molecule has 0 bridgehead atoms. The Balaban J connectivity index is 2.05. The van der Waals surface area contributed by atoms with Gasteiger partial charge in [0.1, 0.15) is 5.04 Å². The fraction of sp³-hybridized carbons (Fsp3) is 0.111. The van der Waals surface area contributed by atoms with Gasteiger partial charge >= 0.3 is 6.18 Å². The second-order valence-electron chi connectivity index (χ2n) is 5.53. The minimum atomic E-state index is -4.40. The number of H-pyrrole nitrogens is 1. The van der Waals surface area contributed by atoms with Gasteiger partial charge in [-0.05, 0) is 41.6 Å². The van der Waals surface area contributed by atoms with Crippen LogP contribution in [0.4, 0.5) is 13.2 Å². The zero-order valence-corrected chi connectivity index (χ0v) is 14.5. The van der Waals surface area contributed by atoms with E-state index < -0.39 is 11.7 Å². The first-order chi connectivity index (χ1) is 12.3. The normalized spacial score (nSPS) is 12.5. The number of amidine groups is 1. The van der Waals surface area contributed by atoms with Crippen molar-refractivity contribution in [1.29, 1.82) is 5.41 Å². The number of nitrogens with zero attached hydrogens (tertiary/aromatic N) is 1. The van der Waals surface area contributed by atoms with E-state index in [4.69, 9.17) is 11.1 Å². The van der Waals surface area contributed by atoms with E-state index in [1.54, 1.807) is 30.5 Å². The molecular formula is C18H15F3N4S. The van der Waals surface area contributed by atoms with E-state index in [0.717, 1.165) is 34.8 Å². The molecule has 26 heavy (non-hydrogen) atoms. The minimum Gasteiger partial charge on any atom is -0.378 e. The average molecular weight is 376 g/mol. The van der Waals surface area contributed by atoms with Crippen LogP contribution < -0.4 is 5.73 Å². The van der Waals surface area contributed by atoms with Crippen LogP contribution in [0.15, 0.2) is 53.7 Å². The molecule has 0 atom stereocenters. The highest BCUT2D eigenvalue weighted by Gasteiger charge is 2.30. The van der Waals surface area contributed by atoms with Gasteiger partial charge in [-0.3, -0.25) is 10.4 Å². The van der Waals surface area contributed by atoms with Crippen LogP contribution >= 0.6 is 11.8 Å². The van der Waals surface area contributed by atoms with Gasteiger partial charge in [-0.15, -0.1) is 0 Å². The molecule has 0 amide bonds. The number of hydrogen-bond donors (Lipinski definition) is 3. The molecule has 0 saturated carbocycles. The molecule has 8 heteroatoms. The van der Waals surface area contributed by atoms with Crippen LogP contribution in [0.25, 0.3) is 22.0 Å². The summed E-state index contributed by atoms with van der Waals surface area (Å²) in [5.41, 5.74) is 7.43. The molecule has 134 valence electrons. The van der Waals surface area contributed by atoms with Gasteiger partial charge in [-0.2, -0.15) is 13.2 Å². The largest absolute Gasteiger partial charge is 0.416 e. The third-order valence-electron chi connectivity index (χ3n) is 3.87. The van der Waals surface area contributed by atoms with E-state index in [1.807, 2.05) is 0 Å². The lowest BCUT2D eigenvalue weighted by Crippen LogP contribution is -2.10. The predicted molar refractivity (Wildman–Crippen MR) is 101 cm³/mol. The highest BCUT2D eigenvalue weighted by molar-refractivity contribution is 8.26. The summed E-state index contributed by atoms with van der Waals surface area (Å²) in [6, 6.07) is 10.5. The number of fused-ring (bicyclic) bond motifs is 1. The first-order valence-corrected chi connectivity index (χ1v) is 8.39. The summed E-state index contributed by atoms with van der Waals surface area (Å²) < 4.78 is 39.0. The molecule has 0 radical (unpaired) electrons. The Morgan fingerprint density at radius 3 is 2.65 bits per heavy atom. The monoisotopic (exact) mass is 376 g/mol. The maximum absolute atomic E-state index is 13.0. The van der Waals surface area contributed by atoms with Crippen LogP contribution in [-0.4, -0.2) is 22.2 Å². The molecule has 1 aromatic heterocycles. The summed E-state index contributed by atoms with van der Waals surface area (Å²) in [5.74, 6) is 0. The van der Waals surface area contributed by atoms with E-state index in [-0.39, 0.29) is 10.2 Å². The average Bonchev–Trinajstić information content (AvgIpc) is 3.04. The number of hydrogen-bond acceptors (Lipinski definition) is 3. The zero-order chi connectivity index (χ0) is 18.9. The number of aromatic nitrogens is 1. The van der Waals surface area contributed by atoms with Crippen molar-refractivity contribution in [3.63, 3.8) is 0 Å². The van der Waals surface area contributed by atoms with Crippen LogP contribution in [-0.2, 0) is 6.18 Å². The number of aromatic amines is 1. The molecule has 3 aromatic rings. The highest BCUT2D eigenvalue weighted by atomic mass is 32.2. The second kappa shape index (κ2) is 6.87. The number of thioether (sulfide) groups is 1. The SMILES string of the molecule is CN=C(N)SC(=N)c1ccc2[nH]cc(-c3cccc(C(F)(F)F)c3)c2c1. The summed E-state index contributed by atoms with van der Waals surface area (Å²) in [5, 5.41) is 9.34. The van der Waals surface area contributed by atoms with Crippen molar-refractivity contribution in [3.05, 3.63) is 59.8 Å². The van der Waals surface area contributed by atoms with Gasteiger partial charge in [0, 0.05) is 35.3 Å². The van der Waals surface area contributed by atoms with Gasteiger partial charge in [0.05, 0.1) is 5.56 Å². The number of benzene rings is 2. The van der Waals surface area contributed by atoms with E-state index >= 15 is 0 Å². The number of aliphatic imine (C=N–C) groups is 1. The number of nitrogens with two attached hydrogens (primary N) is 1. The number of nitrogens with one attached hydrogen (secondary N) is 2. The van der Waals surface area contributed by atoms with E-state index in [1.165, 1.54) is 13.1 Å². The number of rotatable bonds is 2. The molecule has 2 aromatic carbocycles. The molecule has 0 aliphatic carbocycles. The molecule has 0 fully saturated rings. The van der Waals surface area contributed by atoms with Crippen molar-refractivity contribution in [3.8, 4) is 11.1 Å². The third kappa shape index (κ3) is 3.60. The zero-order valence-electron chi connectivity index (χ0n) is 13.7. The maximum atomic E-state index is 13.0. The van der Waals surface area contributed by atoms with Crippen molar-refractivity contribution >= 4 is 32.9 Å². The van der Waals surface area contributed by atoms with Crippen molar-refractivity contribution in [2.75, 3.05) is 7.05 Å². The molecule has 0 spiro atoms. The first kappa shape index (κ1) is 18.1. The molecule has 1 heterocycles. The molecule has 0 aliphatic heterocycles. The van der Waals surface area contributed by atoms with Crippen molar-refractivity contribution < 1.29 is 13.2 Å². The molecule has 0 saturated heterocycles. The number of alkyl halides is 3. The van der Waals surface area contributed by atoms with Crippen LogP contribution in [0.2, 0.25) is 0 Å². The molecule has 4 N–H and O–H groups in total. The van der Waals surface area contributed by atoms with Gasteiger partial charge in [0.25, 0.3) is 0 Å². The summed E-state index contributed by atoms with van der Waals surface area (Å²) in [6.45, 7) is 0. The van der Waals surface area contributed by atoms with E-state index in [9.17, 15) is 13.2 Å². The summed E-state index contributed by atoms with van der Waals surface area (Å²) in [7, 11) is 1.54. The lowest BCUT2D eigenvalue weighted by molar-refractivity contribution is -0.137. The van der Waals surface area contributed by atoms with Crippen molar-refractivity contribution in [1.82, 2.24) is 4.98 Å². The summed E-state index contributed by atoms with van der Waals surface area (Å²) >= 11 is 1.02. The Morgan fingerprint density at radius 2 is 1.96 bits per heavy atom. The Hall–Kier alpha value is -2.74. The Labute approximate surface area is 151 Å². The fourth-order valence-electron chi connectivity index (χ4n) is 2.57. The predicted octanol–water partition coefficient (Wildman–Crippen LogP) is 4.86. The van der Waals surface area contributed by atoms with Gasteiger partial charge < -0.3 is 10.7 Å². The number of halogens is 3. The quantitative estimate of drug-likeness (QED) is 0.441. The minimum absolute atomic E-state index is 0.214. The molecular weight excluding hydrogens is 361 g/mol. The van der Waals surface area contributed by atoms with E-state index in [0.29, 0.717) is 16.7 Å². The van der Waals surface area contributed by atoms with Crippen LogP contribution in [0.5, 0.6) is 0 Å². The second-order valence-corrected chi connectivity index (χ2v) is 6.56. The topological polar surface area (TPSA) is 78.0 Å². The maximum Gasteiger partial charge on any atom is 0.416 e. The lowest BCUT2D eigenvalue weighted by Gasteiger charge is -2.09. The van der Waals surface area contributed by atoms with Crippen LogP contribution in [0.3, 0.4) is 0 Å². The van der Waals surface area contributed by atoms with Crippen molar-refractivity contribution in [2.45, 2.75) is 6.18 Å². The summed E-state index contributed by atoms with van der Waals surface area (Å²) in [4.78, 5) is 6.86. The van der Waals surface area contributed by atoms with Gasteiger partial charge in [-0.25, -0.2) is 0 Å². The molecule has 4 nitrogen and oxygen atoms in total. The van der Waals surface area contributed by atoms with Crippen LogP contribution in [0.1, 0.15) is 11.1 Å². The van der Waals surface area contributed by atoms with E-state index in [2.05, 4.69) is 9.98 Å². The first-order valence-electron chi connectivity index (χ1n) is 7.57. The fourth-order valence-corrected chi connectivity index (χ4v) is 3.12. The Bertz CT molecular complexity index is 1010. The Morgan fingerprint density at radius 1 is 1.19 bits per heavy atom.